The average Bonchev–Trinajstić information content (AvgIpc) is 2.51. The highest BCUT2D eigenvalue weighted by Crippen LogP contribution is 2.39. The molecule has 0 N–H and O–H groups in total. The maximum atomic E-state index is 2.32. The second-order valence-corrected chi connectivity index (χ2v) is 5.27. The molecule has 0 saturated carbocycles. The van der Waals surface area contributed by atoms with E-state index in [0.717, 1.165) is 6.42 Å². The normalized spacial score (nSPS) is 11.5. The Bertz CT molecular complexity index is 430. The Morgan fingerprint density at radius 3 is 1.58 bits per heavy atom. The Labute approximate surface area is 117 Å². The Morgan fingerprint density at radius 1 is 0.737 bits per heavy atom. The van der Waals surface area contributed by atoms with Crippen LogP contribution in [0.3, 0.4) is 0 Å². The van der Waals surface area contributed by atoms with E-state index in [9.17, 15) is 0 Å². The number of hydrogen-bond acceptors (Lipinski definition) is 0. The van der Waals surface area contributed by atoms with E-state index in [0.29, 0.717) is 0 Å². The lowest BCUT2D eigenvalue weighted by atomic mass is 9.69. The van der Waals surface area contributed by atoms with Gasteiger partial charge in [-0.2, -0.15) is 0 Å². The molecule has 0 saturated heterocycles. The molecular formula is C19H24. The lowest BCUT2D eigenvalue weighted by molar-refractivity contribution is 0.437. The van der Waals surface area contributed by atoms with Gasteiger partial charge in [-0.15, -0.1) is 0 Å². The van der Waals surface area contributed by atoms with Crippen molar-refractivity contribution in [2.24, 2.45) is 0 Å². The maximum absolute atomic E-state index is 2.32. The van der Waals surface area contributed by atoms with Crippen molar-refractivity contribution < 1.29 is 0 Å². The third-order valence-electron chi connectivity index (χ3n) is 4.21. The van der Waals surface area contributed by atoms with Gasteiger partial charge in [0.15, 0.2) is 0 Å². The fourth-order valence-corrected chi connectivity index (χ4v) is 3.03. The molecule has 0 nitrogen and oxygen atoms in total. The molecule has 19 heavy (non-hydrogen) atoms. The van der Waals surface area contributed by atoms with E-state index in [1.807, 2.05) is 0 Å². The fourth-order valence-electron chi connectivity index (χ4n) is 3.03. The molecule has 2 aromatic rings. The van der Waals surface area contributed by atoms with Crippen LogP contribution in [0.15, 0.2) is 60.7 Å². The highest BCUT2D eigenvalue weighted by atomic mass is 14.3. The van der Waals surface area contributed by atoms with Gasteiger partial charge in [-0.25, -0.2) is 0 Å². The van der Waals surface area contributed by atoms with Crippen molar-refractivity contribution in [1.29, 1.82) is 0 Å². The second kappa shape index (κ2) is 6.56. The summed E-state index contributed by atoms with van der Waals surface area (Å²) in [6, 6.07) is 22.0. The van der Waals surface area contributed by atoms with Gasteiger partial charge in [0.2, 0.25) is 0 Å². The van der Waals surface area contributed by atoms with Gasteiger partial charge < -0.3 is 0 Å². The van der Waals surface area contributed by atoms with E-state index in [1.54, 1.807) is 0 Å². The number of hydrogen-bond donors (Lipinski definition) is 0. The summed E-state index contributed by atoms with van der Waals surface area (Å²) >= 11 is 0. The van der Waals surface area contributed by atoms with Gasteiger partial charge in [0.05, 0.1) is 0 Å². The summed E-state index contributed by atoms with van der Waals surface area (Å²) in [4.78, 5) is 0. The summed E-state index contributed by atoms with van der Waals surface area (Å²) in [6.45, 7) is 4.59. The molecule has 2 aromatic carbocycles. The minimum Gasteiger partial charge on any atom is -0.0654 e. The topological polar surface area (TPSA) is 0 Å². The molecule has 0 spiro atoms. The SMILES string of the molecule is CCCCC(CC)(c1ccccc1)c1ccccc1. The molecule has 0 aromatic heterocycles. The first-order chi connectivity index (χ1) is 9.33. The quantitative estimate of drug-likeness (QED) is 0.630. The molecule has 0 aliphatic rings. The zero-order valence-corrected chi connectivity index (χ0v) is 12.1. The van der Waals surface area contributed by atoms with Crippen LogP contribution in [0.1, 0.15) is 50.7 Å². The van der Waals surface area contributed by atoms with Crippen molar-refractivity contribution in [1.82, 2.24) is 0 Å². The molecule has 0 heterocycles. The molecule has 0 unspecified atom stereocenters. The van der Waals surface area contributed by atoms with Crippen molar-refractivity contribution in [2.45, 2.75) is 44.9 Å². The van der Waals surface area contributed by atoms with Gasteiger partial charge >= 0.3 is 0 Å². The summed E-state index contributed by atoms with van der Waals surface area (Å²) in [7, 11) is 0. The molecule has 0 atom stereocenters. The first-order valence-electron chi connectivity index (χ1n) is 7.44. The van der Waals surface area contributed by atoms with Crippen LogP contribution in [0.25, 0.3) is 0 Å². The Morgan fingerprint density at radius 2 is 1.21 bits per heavy atom. The van der Waals surface area contributed by atoms with Crippen LogP contribution < -0.4 is 0 Å². The first kappa shape index (κ1) is 13.9. The van der Waals surface area contributed by atoms with Crippen molar-refractivity contribution >= 4 is 0 Å². The summed E-state index contributed by atoms with van der Waals surface area (Å²) in [5.74, 6) is 0. The minimum absolute atomic E-state index is 0.179. The van der Waals surface area contributed by atoms with Crippen LogP contribution in [-0.2, 0) is 5.41 Å². The van der Waals surface area contributed by atoms with Gasteiger partial charge in [-0.3, -0.25) is 0 Å². The van der Waals surface area contributed by atoms with Gasteiger partial charge in [0, 0.05) is 5.41 Å². The van der Waals surface area contributed by atoms with Crippen LogP contribution >= 0.6 is 0 Å². The standard InChI is InChI=1S/C19H24/c1-3-5-16-19(4-2,17-12-8-6-9-13-17)18-14-10-7-11-15-18/h6-15H,3-5,16H2,1-2H3. The van der Waals surface area contributed by atoms with E-state index >= 15 is 0 Å². The van der Waals surface area contributed by atoms with E-state index in [-0.39, 0.29) is 5.41 Å². The molecule has 0 aliphatic carbocycles. The predicted octanol–water partition coefficient (Wildman–Crippen LogP) is 5.57. The minimum atomic E-state index is 0.179. The van der Waals surface area contributed by atoms with Crippen molar-refractivity contribution in [2.75, 3.05) is 0 Å². The molecule has 0 radical (unpaired) electrons. The van der Waals surface area contributed by atoms with Crippen LogP contribution in [0, 0.1) is 0 Å². The summed E-state index contributed by atoms with van der Waals surface area (Å²) in [5.41, 5.74) is 3.09. The van der Waals surface area contributed by atoms with Crippen LogP contribution in [-0.4, -0.2) is 0 Å². The van der Waals surface area contributed by atoms with Crippen LogP contribution in [0.4, 0.5) is 0 Å². The predicted molar refractivity (Wildman–Crippen MR) is 83.5 cm³/mol. The van der Waals surface area contributed by atoms with Crippen molar-refractivity contribution in [3.8, 4) is 0 Å². The third-order valence-corrected chi connectivity index (χ3v) is 4.21. The highest BCUT2D eigenvalue weighted by molar-refractivity contribution is 5.39. The van der Waals surface area contributed by atoms with Gasteiger partial charge in [0.25, 0.3) is 0 Å². The van der Waals surface area contributed by atoms with Crippen LogP contribution in [0.2, 0.25) is 0 Å². The zero-order chi connectivity index (χ0) is 13.6. The van der Waals surface area contributed by atoms with E-state index in [2.05, 4.69) is 74.5 Å². The van der Waals surface area contributed by atoms with Gasteiger partial charge in [-0.05, 0) is 24.0 Å². The monoisotopic (exact) mass is 252 g/mol. The molecule has 2 rings (SSSR count). The van der Waals surface area contributed by atoms with E-state index < -0.39 is 0 Å². The number of unbranched alkanes of at least 4 members (excludes halogenated alkanes) is 1. The smallest absolute Gasteiger partial charge is 0.0200 e. The van der Waals surface area contributed by atoms with Crippen molar-refractivity contribution in [3.05, 3.63) is 71.8 Å². The lowest BCUT2D eigenvalue weighted by Crippen LogP contribution is -2.26. The third kappa shape index (κ3) is 2.89. The summed E-state index contributed by atoms with van der Waals surface area (Å²) in [6.07, 6.45) is 4.91. The van der Waals surface area contributed by atoms with E-state index in [4.69, 9.17) is 0 Å². The number of benzene rings is 2. The molecular weight excluding hydrogens is 228 g/mol. The fraction of sp³-hybridized carbons (Fsp3) is 0.368. The Kier molecular flexibility index (Phi) is 4.79. The Hall–Kier alpha value is -1.56. The van der Waals surface area contributed by atoms with Crippen LogP contribution in [0.5, 0.6) is 0 Å². The van der Waals surface area contributed by atoms with Gasteiger partial charge in [-0.1, -0.05) is 87.4 Å². The molecule has 100 valence electrons. The first-order valence-corrected chi connectivity index (χ1v) is 7.44. The summed E-state index contributed by atoms with van der Waals surface area (Å²) in [5, 5.41) is 0. The second-order valence-electron chi connectivity index (χ2n) is 5.27. The molecule has 0 aliphatic heterocycles. The highest BCUT2D eigenvalue weighted by Gasteiger charge is 2.31. The average molecular weight is 252 g/mol. The largest absolute Gasteiger partial charge is 0.0654 e. The Balaban J connectivity index is 2.48. The maximum Gasteiger partial charge on any atom is 0.0200 e. The van der Waals surface area contributed by atoms with E-state index in [1.165, 1.54) is 30.4 Å². The summed E-state index contributed by atoms with van der Waals surface area (Å²) < 4.78 is 0. The van der Waals surface area contributed by atoms with Crippen molar-refractivity contribution in [3.63, 3.8) is 0 Å². The molecule has 0 heteroatoms. The van der Waals surface area contributed by atoms with Gasteiger partial charge in [0.1, 0.15) is 0 Å². The zero-order valence-electron chi connectivity index (χ0n) is 12.1. The molecule has 0 fully saturated rings. The molecule has 0 amide bonds. The number of rotatable bonds is 6. The molecule has 0 bridgehead atoms. The lowest BCUT2D eigenvalue weighted by Gasteiger charge is -2.34.